The zero-order valence-corrected chi connectivity index (χ0v) is 12.3. The van der Waals surface area contributed by atoms with Gasteiger partial charge in [0.2, 0.25) is 0 Å². The molecule has 0 spiro atoms. The molecule has 0 amide bonds. The average molecular weight is 300 g/mol. The molecule has 0 saturated heterocycles. The minimum Gasteiger partial charge on any atom is -0.491 e. The number of benzene rings is 1. The van der Waals surface area contributed by atoms with Crippen molar-refractivity contribution in [3.8, 4) is 5.75 Å². The minimum atomic E-state index is -0.601. The molecule has 0 heterocycles. The van der Waals surface area contributed by atoms with Crippen LogP contribution in [0.2, 0.25) is 5.02 Å². The molecule has 1 fully saturated rings. The van der Waals surface area contributed by atoms with E-state index in [1.807, 2.05) is 0 Å². The molecule has 1 aromatic rings. The number of ether oxygens (including phenoxy) is 1. The van der Waals surface area contributed by atoms with Gasteiger partial charge in [0, 0.05) is 18.1 Å². The third-order valence-electron chi connectivity index (χ3n) is 3.62. The van der Waals surface area contributed by atoms with Gasteiger partial charge in [0.15, 0.2) is 0 Å². The normalized spacial score (nSPS) is 18.9. The quantitative estimate of drug-likeness (QED) is 0.720. The predicted molar refractivity (Wildman–Crippen MR) is 79.2 cm³/mol. The first-order valence-electron chi connectivity index (χ1n) is 7.07. The van der Waals surface area contributed by atoms with E-state index in [1.54, 1.807) is 24.3 Å². The summed E-state index contributed by atoms with van der Waals surface area (Å²) in [6, 6.07) is 7.03. The molecule has 112 valence electrons. The van der Waals surface area contributed by atoms with Crippen molar-refractivity contribution in [3.05, 3.63) is 29.3 Å². The molecule has 4 nitrogen and oxygen atoms in total. The summed E-state index contributed by atoms with van der Waals surface area (Å²) in [5, 5.41) is 23.7. The smallest absolute Gasteiger partial charge is 0.119 e. The van der Waals surface area contributed by atoms with Crippen molar-refractivity contribution in [3.63, 3.8) is 0 Å². The highest BCUT2D eigenvalue weighted by Gasteiger charge is 2.30. The van der Waals surface area contributed by atoms with E-state index in [0.29, 0.717) is 23.9 Å². The fourth-order valence-corrected chi connectivity index (χ4v) is 2.59. The van der Waals surface area contributed by atoms with Gasteiger partial charge in [0.1, 0.15) is 18.5 Å². The zero-order valence-electron chi connectivity index (χ0n) is 11.5. The van der Waals surface area contributed by atoms with E-state index in [2.05, 4.69) is 5.32 Å². The summed E-state index contributed by atoms with van der Waals surface area (Å²) in [6.07, 6.45) is 3.26. The number of hydrogen-bond acceptors (Lipinski definition) is 4. The molecule has 2 rings (SSSR count). The van der Waals surface area contributed by atoms with Gasteiger partial charge in [-0.05, 0) is 37.1 Å². The van der Waals surface area contributed by atoms with Crippen molar-refractivity contribution in [1.82, 2.24) is 5.32 Å². The van der Waals surface area contributed by atoms with Crippen molar-refractivity contribution in [2.24, 2.45) is 0 Å². The maximum absolute atomic E-state index is 10.2. The molecular weight excluding hydrogens is 278 g/mol. The fourth-order valence-electron chi connectivity index (χ4n) is 2.46. The number of nitrogens with one attached hydrogen (secondary N) is 1. The molecule has 3 N–H and O–H groups in total. The lowest BCUT2D eigenvalue weighted by atomic mass is 10.0. The molecule has 1 saturated carbocycles. The third-order valence-corrected chi connectivity index (χ3v) is 3.88. The highest BCUT2D eigenvalue weighted by Crippen LogP contribution is 2.28. The number of halogens is 1. The van der Waals surface area contributed by atoms with Crippen LogP contribution in [0.1, 0.15) is 25.7 Å². The Morgan fingerprint density at radius 2 is 1.90 bits per heavy atom. The molecule has 0 aromatic heterocycles. The molecule has 5 heteroatoms. The minimum absolute atomic E-state index is 0.215. The van der Waals surface area contributed by atoms with E-state index < -0.39 is 11.7 Å². The van der Waals surface area contributed by atoms with Crippen molar-refractivity contribution in [1.29, 1.82) is 0 Å². The summed E-state index contributed by atoms with van der Waals surface area (Å²) < 4.78 is 5.46. The van der Waals surface area contributed by atoms with E-state index in [0.717, 1.165) is 25.7 Å². The van der Waals surface area contributed by atoms with Crippen LogP contribution in [0.5, 0.6) is 5.75 Å². The molecule has 0 aliphatic heterocycles. The Kier molecular flexibility index (Phi) is 5.66. The molecule has 0 radical (unpaired) electrons. The first-order chi connectivity index (χ1) is 9.57. The molecular formula is C15H22ClNO3. The van der Waals surface area contributed by atoms with E-state index in [1.165, 1.54) is 0 Å². The van der Waals surface area contributed by atoms with Crippen LogP contribution in [0.3, 0.4) is 0 Å². The summed E-state index contributed by atoms with van der Waals surface area (Å²) in [6.45, 7) is 1.16. The Hall–Kier alpha value is -0.810. The number of aliphatic hydroxyl groups is 2. The second kappa shape index (κ2) is 7.27. The van der Waals surface area contributed by atoms with Gasteiger partial charge in [-0.3, -0.25) is 0 Å². The second-order valence-corrected chi connectivity index (χ2v) is 5.92. The largest absolute Gasteiger partial charge is 0.491 e. The van der Waals surface area contributed by atoms with E-state index in [9.17, 15) is 10.2 Å². The van der Waals surface area contributed by atoms with Crippen LogP contribution in [-0.4, -0.2) is 41.6 Å². The van der Waals surface area contributed by atoms with E-state index in [-0.39, 0.29) is 6.61 Å². The fraction of sp³-hybridized carbons (Fsp3) is 0.600. The summed E-state index contributed by atoms with van der Waals surface area (Å²) in [4.78, 5) is 0. The summed E-state index contributed by atoms with van der Waals surface area (Å²) in [7, 11) is 0. The average Bonchev–Trinajstić information content (AvgIpc) is 2.85. The Bertz CT molecular complexity index is 404. The maximum atomic E-state index is 10.2. The van der Waals surface area contributed by atoms with Gasteiger partial charge in [-0.15, -0.1) is 0 Å². The van der Waals surface area contributed by atoms with Crippen molar-refractivity contribution in [2.75, 3.05) is 19.7 Å². The number of hydrogen-bond donors (Lipinski definition) is 3. The number of rotatable bonds is 7. The first kappa shape index (κ1) is 15.6. The van der Waals surface area contributed by atoms with Crippen LogP contribution < -0.4 is 10.1 Å². The van der Waals surface area contributed by atoms with E-state index in [4.69, 9.17) is 16.3 Å². The van der Waals surface area contributed by atoms with Crippen LogP contribution in [0.25, 0.3) is 0 Å². The summed E-state index contributed by atoms with van der Waals surface area (Å²) in [5.41, 5.74) is -0.587. The SMILES string of the molecule is OC(CNCC1(O)CCCC1)COc1ccc(Cl)cc1. The lowest BCUT2D eigenvalue weighted by molar-refractivity contribution is 0.0406. The Balaban J connectivity index is 1.62. The van der Waals surface area contributed by atoms with Gasteiger partial charge in [-0.1, -0.05) is 24.4 Å². The maximum Gasteiger partial charge on any atom is 0.119 e. The summed E-state index contributed by atoms with van der Waals surface area (Å²) >= 11 is 5.78. The highest BCUT2D eigenvalue weighted by atomic mass is 35.5. The lowest BCUT2D eigenvalue weighted by Crippen LogP contribution is -2.42. The molecule has 1 atom stereocenters. The molecule has 1 aliphatic rings. The number of aliphatic hydroxyl groups excluding tert-OH is 1. The van der Waals surface area contributed by atoms with Crippen LogP contribution in [-0.2, 0) is 0 Å². The van der Waals surface area contributed by atoms with Crippen LogP contribution in [0, 0.1) is 0 Å². The zero-order chi connectivity index (χ0) is 14.4. The molecule has 1 aromatic carbocycles. The molecule has 1 aliphatic carbocycles. The van der Waals surface area contributed by atoms with Crippen molar-refractivity contribution < 1.29 is 14.9 Å². The monoisotopic (exact) mass is 299 g/mol. The van der Waals surface area contributed by atoms with Crippen molar-refractivity contribution >= 4 is 11.6 Å². The van der Waals surface area contributed by atoms with Crippen molar-refractivity contribution in [2.45, 2.75) is 37.4 Å². The predicted octanol–water partition coefficient (Wildman–Crippen LogP) is 1.97. The van der Waals surface area contributed by atoms with Gasteiger partial charge < -0.3 is 20.3 Å². The Labute approximate surface area is 124 Å². The molecule has 20 heavy (non-hydrogen) atoms. The third kappa shape index (κ3) is 4.94. The summed E-state index contributed by atoms with van der Waals surface area (Å²) in [5.74, 6) is 0.683. The standard InChI is InChI=1S/C15H22ClNO3/c16-12-3-5-14(6-4-12)20-10-13(18)9-17-11-15(19)7-1-2-8-15/h3-6,13,17-19H,1-2,7-11H2. The Morgan fingerprint density at radius 3 is 2.55 bits per heavy atom. The van der Waals surface area contributed by atoms with Gasteiger partial charge in [0.25, 0.3) is 0 Å². The first-order valence-corrected chi connectivity index (χ1v) is 7.45. The van der Waals surface area contributed by atoms with Gasteiger partial charge in [-0.2, -0.15) is 0 Å². The second-order valence-electron chi connectivity index (χ2n) is 5.48. The highest BCUT2D eigenvalue weighted by molar-refractivity contribution is 6.30. The lowest BCUT2D eigenvalue weighted by Gasteiger charge is -2.23. The topological polar surface area (TPSA) is 61.7 Å². The van der Waals surface area contributed by atoms with Crippen LogP contribution >= 0.6 is 11.6 Å². The van der Waals surface area contributed by atoms with Gasteiger partial charge in [0.05, 0.1) is 5.60 Å². The van der Waals surface area contributed by atoms with Gasteiger partial charge >= 0.3 is 0 Å². The molecule has 0 bridgehead atoms. The van der Waals surface area contributed by atoms with Crippen LogP contribution in [0.4, 0.5) is 0 Å². The van der Waals surface area contributed by atoms with Gasteiger partial charge in [-0.25, -0.2) is 0 Å². The Morgan fingerprint density at radius 1 is 1.25 bits per heavy atom. The van der Waals surface area contributed by atoms with Crippen LogP contribution in [0.15, 0.2) is 24.3 Å². The van der Waals surface area contributed by atoms with E-state index >= 15 is 0 Å². The molecule has 1 unspecified atom stereocenters.